The van der Waals surface area contributed by atoms with Gasteiger partial charge in [-0.2, -0.15) is 0 Å². The number of benzene rings is 1. The quantitative estimate of drug-likeness (QED) is 0.467. The number of allylic oxidation sites excluding steroid dienone is 4. The Morgan fingerprint density at radius 2 is 1.75 bits per heavy atom. The molecule has 0 atom stereocenters. The van der Waals surface area contributed by atoms with E-state index < -0.39 is 0 Å². The summed E-state index contributed by atoms with van der Waals surface area (Å²) >= 11 is 0. The highest BCUT2D eigenvalue weighted by atomic mass is 16.1. The number of rotatable bonds is 4. The van der Waals surface area contributed by atoms with E-state index in [1.165, 1.54) is 11.3 Å². The lowest BCUT2D eigenvalue weighted by Crippen LogP contribution is -1.85. The summed E-state index contributed by atoms with van der Waals surface area (Å²) in [5.41, 5.74) is 3.23. The van der Waals surface area contributed by atoms with Gasteiger partial charge in [0.05, 0.1) is 0 Å². The smallest absolute Gasteiger partial charge is 0.149 e. The third kappa shape index (κ3) is 11.3. The van der Waals surface area contributed by atoms with E-state index in [1.54, 1.807) is 6.08 Å². The Morgan fingerprint density at radius 1 is 1.20 bits per heavy atom. The van der Waals surface area contributed by atoms with Crippen molar-refractivity contribution in [3.63, 3.8) is 0 Å². The fourth-order valence-corrected chi connectivity index (χ4v) is 1.30. The van der Waals surface area contributed by atoms with Crippen LogP contribution in [0.5, 0.6) is 0 Å². The molecule has 20 heavy (non-hydrogen) atoms. The Hall–Kier alpha value is -1.83. The number of aryl methyl sites for hydroxylation is 1. The molecule has 0 aliphatic heterocycles. The van der Waals surface area contributed by atoms with E-state index in [4.69, 9.17) is 0 Å². The second kappa shape index (κ2) is 15.2. The van der Waals surface area contributed by atoms with Crippen LogP contribution in [0.15, 0.2) is 48.1 Å². The summed E-state index contributed by atoms with van der Waals surface area (Å²) in [4.78, 5) is 10.2. The van der Waals surface area contributed by atoms with E-state index in [0.29, 0.717) is 0 Å². The monoisotopic (exact) mass is 275 g/mol. The maximum atomic E-state index is 10.2. The first kappa shape index (κ1) is 20.5. The van der Waals surface area contributed by atoms with Crippen molar-refractivity contribution in [1.82, 2.24) is 0 Å². The van der Waals surface area contributed by atoms with Gasteiger partial charge in [0.25, 0.3) is 0 Å². The van der Waals surface area contributed by atoms with E-state index in [1.807, 2.05) is 46.9 Å². The molecule has 0 aliphatic rings. The van der Waals surface area contributed by atoms with Crippen LogP contribution in [0.3, 0.4) is 0 Å². The lowest BCUT2D eigenvalue weighted by molar-refractivity contribution is -0.104. The van der Waals surface area contributed by atoms with Crippen molar-refractivity contribution in [1.29, 1.82) is 0 Å². The molecule has 0 aliphatic carbocycles. The average molecular weight is 275 g/mol. The van der Waals surface area contributed by atoms with Gasteiger partial charge in [-0.1, -0.05) is 56.7 Å². The van der Waals surface area contributed by atoms with Crippen molar-refractivity contribution in [2.24, 2.45) is 0 Å². The van der Waals surface area contributed by atoms with E-state index in [0.717, 1.165) is 18.3 Å². The largest absolute Gasteiger partial charge is 0.388 e. The number of hydrogen-bond acceptors (Lipinski definition) is 2. The van der Waals surface area contributed by atoms with Crippen molar-refractivity contribution in [3.8, 4) is 0 Å². The lowest BCUT2D eigenvalue weighted by atomic mass is 10.2. The highest BCUT2D eigenvalue weighted by molar-refractivity contribution is 5.77. The van der Waals surface area contributed by atoms with Gasteiger partial charge in [-0.3, -0.25) is 4.79 Å². The molecule has 0 amide bonds. The van der Waals surface area contributed by atoms with Gasteiger partial charge < -0.3 is 5.32 Å². The van der Waals surface area contributed by atoms with E-state index in [2.05, 4.69) is 36.5 Å². The minimum atomic E-state index is 0.764. The molecule has 1 rings (SSSR count). The van der Waals surface area contributed by atoms with Gasteiger partial charge in [-0.15, -0.1) is 0 Å². The van der Waals surface area contributed by atoms with Crippen LogP contribution in [-0.2, 0) is 4.79 Å². The Bertz CT molecular complexity index is 388. The van der Waals surface area contributed by atoms with Crippen LogP contribution in [0.1, 0.15) is 39.7 Å². The summed E-state index contributed by atoms with van der Waals surface area (Å²) in [6.07, 6.45) is 7.33. The van der Waals surface area contributed by atoms with E-state index in [-0.39, 0.29) is 0 Å². The molecule has 0 bridgehead atoms. The first-order valence-electron chi connectivity index (χ1n) is 7.20. The van der Waals surface area contributed by atoms with Gasteiger partial charge in [-0.25, -0.2) is 0 Å². The molecule has 1 N–H and O–H groups in total. The number of carbonyl (C=O) groups excluding carboxylic acids is 1. The fourth-order valence-electron chi connectivity index (χ4n) is 1.30. The third-order valence-corrected chi connectivity index (χ3v) is 2.28. The minimum Gasteiger partial charge on any atom is -0.388 e. The zero-order chi connectivity index (χ0) is 15.8. The van der Waals surface area contributed by atoms with Crippen LogP contribution in [0.2, 0.25) is 0 Å². The summed E-state index contributed by atoms with van der Waals surface area (Å²) in [5, 5.41) is 3.05. The van der Waals surface area contributed by atoms with Crippen LogP contribution in [-0.4, -0.2) is 13.3 Å². The van der Waals surface area contributed by atoms with Gasteiger partial charge in [-0.05, 0) is 32.4 Å². The van der Waals surface area contributed by atoms with Gasteiger partial charge in [0.2, 0.25) is 0 Å². The first-order chi connectivity index (χ1) is 9.67. The number of hydrogen-bond donors (Lipinski definition) is 1. The fraction of sp³-hybridized carbons (Fsp3) is 0.389. The van der Waals surface area contributed by atoms with E-state index in [9.17, 15) is 4.79 Å². The molecule has 0 fully saturated rings. The topological polar surface area (TPSA) is 29.1 Å². The maximum Gasteiger partial charge on any atom is 0.149 e. The van der Waals surface area contributed by atoms with Crippen molar-refractivity contribution < 1.29 is 4.79 Å². The standard InChI is InChI=1S/C8H11N.C8H12O.C2H6/c1-7-3-5-8(9-2)6-4-7;1-3-5-8(7-9)6-4-2;1-2/h3-6,9H,1-2H3;3,5-7H,4H2,1-2H3;1-2H3/b;5-3-,8-6+;. The SMILES string of the molecule is C/C=C\C(C=O)=C/CC.CC.CNc1ccc(C)cc1. The molecule has 2 nitrogen and oxygen atoms in total. The molecular weight excluding hydrogens is 246 g/mol. The second-order valence-electron chi connectivity index (χ2n) is 3.85. The molecule has 2 heteroatoms. The van der Waals surface area contributed by atoms with Crippen LogP contribution >= 0.6 is 0 Å². The van der Waals surface area contributed by atoms with Crippen LogP contribution in [0.25, 0.3) is 0 Å². The molecule has 0 radical (unpaired) electrons. The summed E-state index contributed by atoms with van der Waals surface area (Å²) in [6, 6.07) is 8.31. The van der Waals surface area contributed by atoms with Crippen LogP contribution < -0.4 is 5.32 Å². The molecule has 112 valence electrons. The van der Waals surface area contributed by atoms with Crippen LogP contribution in [0.4, 0.5) is 5.69 Å². The Morgan fingerprint density at radius 3 is 2.10 bits per heavy atom. The molecule has 0 heterocycles. The predicted molar refractivity (Wildman–Crippen MR) is 91.3 cm³/mol. The van der Waals surface area contributed by atoms with Crippen molar-refractivity contribution in [2.45, 2.75) is 41.0 Å². The molecule has 0 aromatic heterocycles. The summed E-state index contributed by atoms with van der Waals surface area (Å²) < 4.78 is 0. The molecule has 0 saturated heterocycles. The predicted octanol–water partition coefficient (Wildman–Crippen LogP) is 5.16. The minimum absolute atomic E-state index is 0.764. The third-order valence-electron chi connectivity index (χ3n) is 2.28. The molecule has 1 aromatic carbocycles. The zero-order valence-corrected chi connectivity index (χ0v) is 13.7. The molecular formula is C18H29NO. The average Bonchev–Trinajstić information content (AvgIpc) is 2.50. The highest BCUT2D eigenvalue weighted by Gasteiger charge is 1.84. The van der Waals surface area contributed by atoms with E-state index >= 15 is 0 Å². The van der Waals surface area contributed by atoms with Crippen molar-refractivity contribution >= 4 is 12.0 Å². The summed E-state index contributed by atoms with van der Waals surface area (Å²) in [6.45, 7) is 9.99. The molecule has 1 aromatic rings. The number of aldehydes is 1. The zero-order valence-electron chi connectivity index (χ0n) is 13.7. The van der Waals surface area contributed by atoms with Gasteiger partial charge in [0.1, 0.15) is 6.29 Å². The number of carbonyl (C=O) groups is 1. The Kier molecular flexibility index (Phi) is 15.6. The van der Waals surface area contributed by atoms with Crippen molar-refractivity contribution in [3.05, 3.63) is 53.6 Å². The molecule has 0 saturated carbocycles. The lowest BCUT2D eigenvalue weighted by Gasteiger charge is -1.97. The maximum absolute atomic E-state index is 10.2. The normalized spacial score (nSPS) is 10.0. The van der Waals surface area contributed by atoms with Crippen LogP contribution in [0, 0.1) is 6.92 Å². The number of anilines is 1. The summed E-state index contributed by atoms with van der Waals surface area (Å²) in [5.74, 6) is 0. The van der Waals surface area contributed by atoms with Gasteiger partial charge in [0.15, 0.2) is 0 Å². The Labute approximate surface area is 124 Å². The summed E-state index contributed by atoms with van der Waals surface area (Å²) in [7, 11) is 1.92. The number of nitrogens with one attached hydrogen (secondary N) is 1. The Balaban J connectivity index is 0. The highest BCUT2D eigenvalue weighted by Crippen LogP contribution is 2.06. The van der Waals surface area contributed by atoms with Gasteiger partial charge >= 0.3 is 0 Å². The molecule has 0 unspecified atom stereocenters. The second-order valence-corrected chi connectivity index (χ2v) is 3.85. The first-order valence-corrected chi connectivity index (χ1v) is 7.20. The van der Waals surface area contributed by atoms with Gasteiger partial charge in [0, 0.05) is 18.3 Å². The molecule has 0 spiro atoms. The van der Waals surface area contributed by atoms with Crippen molar-refractivity contribution in [2.75, 3.05) is 12.4 Å².